The Balaban J connectivity index is 1.79. The largest absolute Gasteiger partial charge is 0.378 e. The van der Waals surface area contributed by atoms with Gasteiger partial charge in [-0.2, -0.15) is 0 Å². The van der Waals surface area contributed by atoms with Crippen LogP contribution in [0.5, 0.6) is 0 Å². The molecule has 0 bridgehead atoms. The predicted octanol–water partition coefficient (Wildman–Crippen LogP) is 2.23. The van der Waals surface area contributed by atoms with Gasteiger partial charge in [-0.05, 0) is 5.56 Å². The molecule has 0 N–H and O–H groups in total. The molecule has 0 aliphatic carbocycles. The average molecular weight is 338 g/mol. The molecule has 0 unspecified atom stereocenters. The molecular formula is C18H22N6O. The first kappa shape index (κ1) is 16.0. The van der Waals surface area contributed by atoms with Crippen LogP contribution in [0.4, 0.5) is 5.82 Å². The van der Waals surface area contributed by atoms with Gasteiger partial charge in [0.05, 0.1) is 19.8 Å². The molecular weight excluding hydrogens is 316 g/mol. The molecule has 3 aromatic rings. The van der Waals surface area contributed by atoms with E-state index >= 15 is 0 Å². The minimum absolute atomic E-state index is 0.240. The van der Waals surface area contributed by atoms with Gasteiger partial charge in [-0.25, -0.2) is 14.6 Å². The highest BCUT2D eigenvalue weighted by Gasteiger charge is 2.22. The summed E-state index contributed by atoms with van der Waals surface area (Å²) in [5, 5.41) is 8.75. The summed E-state index contributed by atoms with van der Waals surface area (Å²) in [6, 6.07) is 10.2. The molecule has 1 aromatic carbocycles. The maximum Gasteiger partial charge on any atom is 0.184 e. The van der Waals surface area contributed by atoms with Gasteiger partial charge >= 0.3 is 0 Å². The molecule has 0 amide bonds. The van der Waals surface area contributed by atoms with Crippen molar-refractivity contribution in [1.82, 2.24) is 25.0 Å². The third-order valence-electron chi connectivity index (χ3n) is 4.36. The van der Waals surface area contributed by atoms with Gasteiger partial charge in [0.25, 0.3) is 0 Å². The molecule has 1 saturated heterocycles. The van der Waals surface area contributed by atoms with E-state index < -0.39 is 0 Å². The van der Waals surface area contributed by atoms with Gasteiger partial charge in [0.15, 0.2) is 17.0 Å². The third-order valence-corrected chi connectivity index (χ3v) is 4.36. The summed E-state index contributed by atoms with van der Waals surface area (Å²) >= 11 is 0. The van der Waals surface area contributed by atoms with E-state index in [2.05, 4.69) is 41.2 Å². The van der Waals surface area contributed by atoms with Crippen molar-refractivity contribution in [3.63, 3.8) is 0 Å². The van der Waals surface area contributed by atoms with Gasteiger partial charge in [-0.1, -0.05) is 49.4 Å². The number of rotatable bonds is 4. The summed E-state index contributed by atoms with van der Waals surface area (Å²) in [5.74, 6) is 1.94. The zero-order valence-electron chi connectivity index (χ0n) is 14.6. The SMILES string of the molecule is CC(C)c1nc(N2CCOCC2)c2nnn(Cc3ccccc3)c2n1. The smallest absolute Gasteiger partial charge is 0.184 e. The van der Waals surface area contributed by atoms with Crippen LogP contribution >= 0.6 is 0 Å². The Bertz CT molecular complexity index is 855. The molecule has 0 atom stereocenters. The maximum absolute atomic E-state index is 5.47. The number of hydrogen-bond donors (Lipinski definition) is 0. The fraction of sp³-hybridized carbons (Fsp3) is 0.444. The Morgan fingerprint density at radius 3 is 2.56 bits per heavy atom. The molecule has 1 aliphatic heterocycles. The summed E-state index contributed by atoms with van der Waals surface area (Å²) < 4.78 is 7.33. The Kier molecular flexibility index (Phi) is 4.31. The van der Waals surface area contributed by atoms with Gasteiger partial charge in [-0.15, -0.1) is 5.10 Å². The van der Waals surface area contributed by atoms with Gasteiger partial charge < -0.3 is 9.64 Å². The first-order valence-electron chi connectivity index (χ1n) is 8.70. The topological polar surface area (TPSA) is 69.0 Å². The summed E-state index contributed by atoms with van der Waals surface area (Å²) in [6.45, 7) is 7.91. The number of fused-ring (bicyclic) bond motifs is 1. The molecule has 1 aliphatic rings. The van der Waals surface area contributed by atoms with Crippen LogP contribution in [0, 0.1) is 0 Å². The first-order chi connectivity index (χ1) is 12.2. The van der Waals surface area contributed by atoms with E-state index in [-0.39, 0.29) is 5.92 Å². The van der Waals surface area contributed by atoms with E-state index in [0.717, 1.165) is 35.9 Å². The number of morpholine rings is 1. The molecule has 4 rings (SSSR count). The number of aromatic nitrogens is 5. The van der Waals surface area contributed by atoms with Crippen LogP contribution in [0.2, 0.25) is 0 Å². The fourth-order valence-corrected chi connectivity index (χ4v) is 2.98. The van der Waals surface area contributed by atoms with E-state index in [9.17, 15) is 0 Å². The highest BCUT2D eigenvalue weighted by Crippen LogP contribution is 2.25. The molecule has 130 valence electrons. The predicted molar refractivity (Wildman–Crippen MR) is 95.8 cm³/mol. The van der Waals surface area contributed by atoms with E-state index in [1.807, 2.05) is 22.9 Å². The van der Waals surface area contributed by atoms with Crippen LogP contribution in [0.1, 0.15) is 31.2 Å². The Labute approximate surface area is 146 Å². The summed E-state index contributed by atoms with van der Waals surface area (Å²) in [4.78, 5) is 11.8. The summed E-state index contributed by atoms with van der Waals surface area (Å²) in [6.07, 6.45) is 0. The second kappa shape index (κ2) is 6.76. The molecule has 25 heavy (non-hydrogen) atoms. The molecule has 1 fully saturated rings. The number of benzene rings is 1. The van der Waals surface area contributed by atoms with Crippen LogP contribution in [0.3, 0.4) is 0 Å². The number of ether oxygens (including phenoxy) is 1. The van der Waals surface area contributed by atoms with Crippen molar-refractivity contribution in [1.29, 1.82) is 0 Å². The Morgan fingerprint density at radius 1 is 1.08 bits per heavy atom. The third kappa shape index (κ3) is 3.19. The second-order valence-corrected chi connectivity index (χ2v) is 6.56. The lowest BCUT2D eigenvalue weighted by Gasteiger charge is -2.28. The lowest BCUT2D eigenvalue weighted by Crippen LogP contribution is -2.37. The standard InChI is InChI=1S/C18H22N6O/c1-13(2)16-19-17(23-8-10-25-11-9-23)15-18(20-16)24(22-21-15)12-14-6-4-3-5-7-14/h3-7,13H,8-12H2,1-2H3. The van der Waals surface area contributed by atoms with Crippen LogP contribution in [-0.2, 0) is 11.3 Å². The minimum Gasteiger partial charge on any atom is -0.378 e. The lowest BCUT2D eigenvalue weighted by atomic mass is 10.2. The lowest BCUT2D eigenvalue weighted by molar-refractivity contribution is 0.122. The van der Waals surface area contributed by atoms with Gasteiger partial charge in [0.2, 0.25) is 0 Å². The second-order valence-electron chi connectivity index (χ2n) is 6.56. The number of hydrogen-bond acceptors (Lipinski definition) is 6. The average Bonchev–Trinajstić information content (AvgIpc) is 3.05. The van der Waals surface area contributed by atoms with Gasteiger partial charge in [-0.3, -0.25) is 0 Å². The minimum atomic E-state index is 0.240. The van der Waals surface area contributed by atoms with E-state index in [0.29, 0.717) is 19.8 Å². The zero-order chi connectivity index (χ0) is 17.2. The van der Waals surface area contributed by atoms with Crippen molar-refractivity contribution in [3.05, 3.63) is 41.7 Å². The number of anilines is 1. The van der Waals surface area contributed by atoms with Crippen LogP contribution in [0.25, 0.3) is 11.2 Å². The van der Waals surface area contributed by atoms with Crippen molar-refractivity contribution < 1.29 is 4.74 Å². The molecule has 7 nitrogen and oxygen atoms in total. The first-order valence-corrected chi connectivity index (χ1v) is 8.70. The van der Waals surface area contributed by atoms with Crippen molar-refractivity contribution in [2.75, 3.05) is 31.2 Å². The van der Waals surface area contributed by atoms with Crippen LogP contribution < -0.4 is 4.90 Å². The molecule has 0 saturated carbocycles. The fourth-order valence-electron chi connectivity index (χ4n) is 2.98. The van der Waals surface area contributed by atoms with Crippen LogP contribution in [0.15, 0.2) is 30.3 Å². The molecule has 3 heterocycles. The van der Waals surface area contributed by atoms with E-state index in [1.54, 1.807) is 0 Å². The molecule has 0 spiro atoms. The van der Waals surface area contributed by atoms with Gasteiger partial charge in [0, 0.05) is 19.0 Å². The zero-order valence-corrected chi connectivity index (χ0v) is 14.6. The molecule has 7 heteroatoms. The van der Waals surface area contributed by atoms with E-state index in [1.165, 1.54) is 5.56 Å². The Hall–Kier alpha value is -2.54. The van der Waals surface area contributed by atoms with Crippen molar-refractivity contribution in [2.45, 2.75) is 26.3 Å². The van der Waals surface area contributed by atoms with Crippen molar-refractivity contribution >= 4 is 17.0 Å². The maximum atomic E-state index is 5.47. The highest BCUT2D eigenvalue weighted by molar-refractivity contribution is 5.83. The van der Waals surface area contributed by atoms with Crippen LogP contribution in [-0.4, -0.2) is 51.3 Å². The molecule has 0 radical (unpaired) electrons. The van der Waals surface area contributed by atoms with Crippen molar-refractivity contribution in [2.24, 2.45) is 0 Å². The monoisotopic (exact) mass is 338 g/mol. The van der Waals surface area contributed by atoms with E-state index in [4.69, 9.17) is 14.7 Å². The van der Waals surface area contributed by atoms with Crippen molar-refractivity contribution in [3.8, 4) is 0 Å². The highest BCUT2D eigenvalue weighted by atomic mass is 16.5. The summed E-state index contributed by atoms with van der Waals surface area (Å²) in [7, 11) is 0. The Morgan fingerprint density at radius 2 is 1.84 bits per heavy atom. The number of nitrogens with zero attached hydrogens (tertiary/aromatic N) is 6. The van der Waals surface area contributed by atoms with Gasteiger partial charge in [0.1, 0.15) is 5.82 Å². The normalized spacial score (nSPS) is 15.2. The quantitative estimate of drug-likeness (QED) is 0.727. The molecule has 2 aromatic heterocycles. The summed E-state index contributed by atoms with van der Waals surface area (Å²) in [5.41, 5.74) is 2.73.